The number of amides is 2. The fourth-order valence-electron chi connectivity index (χ4n) is 4.47. The molecule has 7 nitrogen and oxygen atoms in total. The Labute approximate surface area is 257 Å². The minimum Gasteiger partial charge on any atom is -0.489 e. The number of ether oxygens (including phenoxy) is 3. The van der Waals surface area contributed by atoms with E-state index in [1.165, 1.54) is 0 Å². The summed E-state index contributed by atoms with van der Waals surface area (Å²) in [4.78, 5) is 31.9. The predicted octanol–water partition coefficient (Wildman–Crippen LogP) is 6.56. The molecule has 4 rings (SSSR count). The molecule has 1 heterocycles. The molecule has 0 fully saturated rings. The van der Waals surface area contributed by atoms with E-state index in [-0.39, 0.29) is 38.1 Å². The lowest BCUT2D eigenvalue weighted by Crippen LogP contribution is -2.43. The number of hydrogen-bond acceptors (Lipinski definition) is 5. The van der Waals surface area contributed by atoms with Crippen molar-refractivity contribution in [3.63, 3.8) is 0 Å². The van der Waals surface area contributed by atoms with Crippen LogP contribution in [0.15, 0.2) is 73.3 Å². The molecule has 210 valence electrons. The molecule has 0 bridgehead atoms. The number of anilines is 1. The minimum absolute atomic E-state index is 0.102. The van der Waals surface area contributed by atoms with Gasteiger partial charge in [0.25, 0.3) is 11.8 Å². The molecule has 3 aromatic carbocycles. The lowest BCUT2D eigenvalue weighted by molar-refractivity contribution is -0.123. The zero-order valence-corrected chi connectivity index (χ0v) is 25.6. The molecule has 3 aromatic rings. The largest absolute Gasteiger partial charge is 0.489 e. The van der Waals surface area contributed by atoms with E-state index in [1.807, 2.05) is 12.1 Å². The van der Waals surface area contributed by atoms with Gasteiger partial charge >= 0.3 is 0 Å². The van der Waals surface area contributed by atoms with Gasteiger partial charge < -0.3 is 24.0 Å². The molecule has 0 saturated carbocycles. The maximum Gasteiger partial charge on any atom is 0.257 e. The van der Waals surface area contributed by atoms with Crippen molar-refractivity contribution in [2.75, 3.05) is 45.0 Å². The molecule has 1 atom stereocenters. The zero-order valence-electron chi connectivity index (χ0n) is 21.9. The van der Waals surface area contributed by atoms with Gasteiger partial charge in [-0.2, -0.15) is 0 Å². The van der Waals surface area contributed by atoms with E-state index in [0.29, 0.717) is 51.4 Å². The van der Waals surface area contributed by atoms with E-state index in [9.17, 15) is 9.59 Å². The highest BCUT2D eigenvalue weighted by Gasteiger charge is 2.41. The average Bonchev–Trinajstić information content (AvgIpc) is 3.02. The summed E-state index contributed by atoms with van der Waals surface area (Å²) < 4.78 is 17.5. The highest BCUT2D eigenvalue weighted by Crippen LogP contribution is 2.38. The third kappa shape index (κ3) is 7.16. The molecule has 0 radical (unpaired) electrons. The standard InChI is InChI=1S/C30H29Cl2IN2O5/c1-3-13-40-27-17-23(32)9-6-21(27)19-35-28(20-4-7-22(31)8-5-20)30(37)34(12-14-39-16-15-38-2)26-11-10-24(33)18-25(26)29(35)36/h3-11,17-18,28H,1,12-16,19H2,2H3/t28-/m0/s1. The summed E-state index contributed by atoms with van der Waals surface area (Å²) in [6, 6.07) is 16.8. The van der Waals surface area contributed by atoms with Crippen LogP contribution in [0.2, 0.25) is 10.0 Å². The first-order valence-corrected chi connectivity index (χ1v) is 14.4. The first-order chi connectivity index (χ1) is 19.3. The van der Waals surface area contributed by atoms with Crippen LogP contribution in [0.3, 0.4) is 0 Å². The summed E-state index contributed by atoms with van der Waals surface area (Å²) in [6.07, 6.45) is 1.63. The molecule has 0 aromatic heterocycles. The van der Waals surface area contributed by atoms with Crippen LogP contribution in [0.1, 0.15) is 27.5 Å². The molecule has 0 unspecified atom stereocenters. The fraction of sp³-hybridized carbons (Fsp3) is 0.267. The third-order valence-corrected chi connectivity index (χ3v) is 7.51. The number of fused-ring (bicyclic) bond motifs is 1. The Bertz CT molecular complexity index is 1370. The number of carbonyl (C=O) groups is 2. The van der Waals surface area contributed by atoms with Crippen LogP contribution in [0.4, 0.5) is 5.69 Å². The Morgan fingerprint density at radius 3 is 2.45 bits per heavy atom. The van der Waals surface area contributed by atoms with E-state index >= 15 is 0 Å². The van der Waals surface area contributed by atoms with Crippen molar-refractivity contribution in [2.24, 2.45) is 0 Å². The maximum atomic E-state index is 14.4. The normalized spacial score (nSPS) is 15.2. The second kappa shape index (κ2) is 14.3. The van der Waals surface area contributed by atoms with E-state index in [0.717, 1.165) is 3.57 Å². The molecule has 0 aliphatic carbocycles. The van der Waals surface area contributed by atoms with Crippen LogP contribution in [0.5, 0.6) is 5.75 Å². The summed E-state index contributed by atoms with van der Waals surface area (Å²) >= 11 is 14.6. The van der Waals surface area contributed by atoms with E-state index in [2.05, 4.69) is 29.2 Å². The van der Waals surface area contributed by atoms with Gasteiger partial charge in [-0.05, 0) is 70.6 Å². The molecule has 0 saturated heterocycles. The van der Waals surface area contributed by atoms with Gasteiger partial charge in [0.1, 0.15) is 18.4 Å². The number of carbonyl (C=O) groups excluding carboxylic acids is 2. The van der Waals surface area contributed by atoms with E-state index in [4.69, 9.17) is 37.4 Å². The van der Waals surface area contributed by atoms with Crippen molar-refractivity contribution >= 4 is 63.3 Å². The second-order valence-electron chi connectivity index (χ2n) is 9.00. The fourth-order valence-corrected chi connectivity index (χ4v) is 5.25. The molecule has 0 N–H and O–H groups in total. The molecule has 10 heteroatoms. The SMILES string of the molecule is C=CCOc1cc(Cl)ccc1CN1C(=O)c2cc(I)ccc2N(CCOCCOC)C(=O)[C@@H]1c1ccc(Cl)cc1. The molecule has 0 spiro atoms. The van der Waals surface area contributed by atoms with Gasteiger partial charge in [0.05, 0.1) is 37.6 Å². The zero-order chi connectivity index (χ0) is 28.6. The number of nitrogens with zero attached hydrogens (tertiary/aromatic N) is 2. The van der Waals surface area contributed by atoms with Crippen LogP contribution in [0.25, 0.3) is 0 Å². The molecular weight excluding hydrogens is 666 g/mol. The van der Waals surface area contributed by atoms with Gasteiger partial charge in [0.2, 0.25) is 0 Å². The number of halogens is 3. The van der Waals surface area contributed by atoms with E-state index < -0.39 is 6.04 Å². The number of hydrogen-bond donors (Lipinski definition) is 0. The minimum atomic E-state index is -0.934. The second-order valence-corrected chi connectivity index (χ2v) is 11.1. The van der Waals surface area contributed by atoms with Crippen LogP contribution in [-0.4, -0.2) is 56.8 Å². The van der Waals surface area contributed by atoms with Crippen molar-refractivity contribution < 1.29 is 23.8 Å². The highest BCUT2D eigenvalue weighted by molar-refractivity contribution is 14.1. The summed E-state index contributed by atoms with van der Waals surface area (Å²) in [7, 11) is 1.60. The summed E-state index contributed by atoms with van der Waals surface area (Å²) in [5, 5.41) is 1.02. The average molecular weight is 695 g/mol. The molecule has 1 aliphatic heterocycles. The smallest absolute Gasteiger partial charge is 0.257 e. The Kier molecular flexibility index (Phi) is 10.9. The molecule has 2 amide bonds. The van der Waals surface area contributed by atoms with Gasteiger partial charge in [-0.15, -0.1) is 0 Å². The van der Waals surface area contributed by atoms with E-state index in [1.54, 1.807) is 71.5 Å². The van der Waals surface area contributed by atoms with Crippen molar-refractivity contribution in [2.45, 2.75) is 12.6 Å². The van der Waals surface area contributed by atoms with Gasteiger partial charge in [0, 0.05) is 32.8 Å². The summed E-state index contributed by atoms with van der Waals surface area (Å²) in [6.45, 7) is 5.46. The van der Waals surface area contributed by atoms with Gasteiger partial charge in [-0.25, -0.2) is 0 Å². The quantitative estimate of drug-likeness (QED) is 0.122. The Hall–Kier alpha value is -2.63. The topological polar surface area (TPSA) is 68.3 Å². The van der Waals surface area contributed by atoms with Crippen LogP contribution in [-0.2, 0) is 20.8 Å². The van der Waals surface area contributed by atoms with Gasteiger partial charge in [-0.1, -0.05) is 54.1 Å². The van der Waals surface area contributed by atoms with Crippen molar-refractivity contribution in [1.29, 1.82) is 0 Å². The highest BCUT2D eigenvalue weighted by atomic mass is 127. The maximum absolute atomic E-state index is 14.4. The predicted molar refractivity (Wildman–Crippen MR) is 165 cm³/mol. The molecule has 1 aliphatic rings. The first-order valence-electron chi connectivity index (χ1n) is 12.6. The Balaban J connectivity index is 1.82. The lowest BCUT2D eigenvalue weighted by atomic mass is 10.0. The monoisotopic (exact) mass is 694 g/mol. The van der Waals surface area contributed by atoms with Gasteiger partial charge in [0.15, 0.2) is 0 Å². The number of rotatable bonds is 12. The van der Waals surface area contributed by atoms with Gasteiger partial charge in [-0.3, -0.25) is 9.59 Å². The van der Waals surface area contributed by atoms with Crippen molar-refractivity contribution in [3.8, 4) is 5.75 Å². The third-order valence-electron chi connectivity index (χ3n) is 6.36. The Morgan fingerprint density at radius 2 is 1.73 bits per heavy atom. The van der Waals surface area contributed by atoms with Crippen molar-refractivity contribution in [3.05, 3.63) is 104 Å². The summed E-state index contributed by atoms with van der Waals surface area (Å²) in [5.41, 5.74) is 2.30. The first kappa shape index (κ1) is 30.3. The van der Waals surface area contributed by atoms with Crippen molar-refractivity contribution in [1.82, 2.24) is 4.90 Å². The lowest BCUT2D eigenvalue weighted by Gasteiger charge is -2.32. The number of benzene rings is 3. The Morgan fingerprint density at radius 1 is 0.975 bits per heavy atom. The van der Waals surface area contributed by atoms with Crippen LogP contribution in [0, 0.1) is 3.57 Å². The van der Waals surface area contributed by atoms with Crippen LogP contribution >= 0.6 is 45.8 Å². The number of methoxy groups -OCH3 is 1. The molecular formula is C30H29Cl2IN2O5. The molecule has 40 heavy (non-hydrogen) atoms. The van der Waals surface area contributed by atoms with Crippen LogP contribution < -0.4 is 9.64 Å². The summed E-state index contributed by atoms with van der Waals surface area (Å²) in [5.74, 6) is -0.0271.